The van der Waals surface area contributed by atoms with Crippen LogP contribution in [-0.2, 0) is 19.7 Å². The van der Waals surface area contributed by atoms with E-state index in [9.17, 15) is 25.6 Å². The Morgan fingerprint density at radius 1 is 0.586 bits per heavy atom. The van der Waals surface area contributed by atoms with Gasteiger partial charge in [-0.05, 0) is 60.7 Å². The van der Waals surface area contributed by atoms with Crippen molar-refractivity contribution in [1.29, 1.82) is 0 Å². The van der Waals surface area contributed by atoms with E-state index in [-0.39, 0.29) is 30.6 Å². The quantitative estimate of drug-likeness (QED) is 0.439. The number of fused-ring (bicyclic) bond motifs is 1. The Balaban J connectivity index is 1.91. The number of rotatable bonds is 4. The van der Waals surface area contributed by atoms with Crippen LogP contribution in [0.25, 0.3) is 11.0 Å². The van der Waals surface area contributed by atoms with Gasteiger partial charge in [-0.1, -0.05) is 0 Å². The summed E-state index contributed by atoms with van der Waals surface area (Å²) in [7, 11) is -8.18. The zero-order chi connectivity index (χ0) is 20.8. The number of nitrogens with zero attached hydrogens (tertiary/aromatic N) is 2. The molecule has 0 spiro atoms. The normalized spacial score (nSPS) is 12.3. The van der Waals surface area contributed by atoms with Gasteiger partial charge in [-0.3, -0.25) is 0 Å². The van der Waals surface area contributed by atoms with E-state index in [0.29, 0.717) is 11.7 Å². The second-order valence-corrected chi connectivity index (χ2v) is 10.3. The first-order chi connectivity index (χ1) is 13.7. The van der Waals surface area contributed by atoms with E-state index in [2.05, 4.69) is 8.75 Å². The zero-order valence-corrected chi connectivity index (χ0v) is 16.7. The molecule has 0 atom stereocenters. The molecule has 3 aromatic carbocycles. The predicted octanol–water partition coefficient (Wildman–Crippen LogP) is 3.64. The van der Waals surface area contributed by atoms with E-state index >= 15 is 0 Å². The molecule has 0 aliphatic heterocycles. The van der Waals surface area contributed by atoms with E-state index in [1.165, 1.54) is 0 Å². The van der Waals surface area contributed by atoms with Crippen molar-refractivity contribution in [3.63, 3.8) is 0 Å². The molecule has 4 rings (SSSR count). The second kappa shape index (κ2) is 6.94. The standard InChI is InChI=1S/C18H10F2N2O4S3/c19-11-1-5-13(6-2-11)28(23,24)15-9-10-16(18-17(15)21-27-22-18)29(25,26)14-7-3-12(20)4-8-14/h1-10H. The van der Waals surface area contributed by atoms with Crippen LogP contribution in [0.5, 0.6) is 0 Å². The number of hydrogen-bond donors (Lipinski definition) is 0. The minimum absolute atomic E-state index is 0.109. The van der Waals surface area contributed by atoms with Gasteiger partial charge in [0.25, 0.3) is 0 Å². The van der Waals surface area contributed by atoms with Gasteiger partial charge in [0.1, 0.15) is 32.5 Å². The summed E-state index contributed by atoms with van der Waals surface area (Å²) in [6, 6.07) is 10.7. The highest BCUT2D eigenvalue weighted by Gasteiger charge is 2.28. The molecule has 0 N–H and O–H groups in total. The minimum Gasteiger partial charge on any atom is -0.218 e. The summed E-state index contributed by atoms with van der Waals surface area (Å²) < 4.78 is 86.0. The Hall–Kier alpha value is -2.76. The lowest BCUT2D eigenvalue weighted by molar-refractivity contribution is 0.592. The van der Waals surface area contributed by atoms with E-state index in [1.54, 1.807) is 0 Å². The highest BCUT2D eigenvalue weighted by atomic mass is 32.2. The van der Waals surface area contributed by atoms with Crippen molar-refractivity contribution < 1.29 is 25.6 Å². The largest absolute Gasteiger partial charge is 0.218 e. The van der Waals surface area contributed by atoms with Crippen LogP contribution >= 0.6 is 11.7 Å². The predicted molar refractivity (Wildman–Crippen MR) is 101 cm³/mol. The molecule has 29 heavy (non-hydrogen) atoms. The maximum atomic E-state index is 13.1. The van der Waals surface area contributed by atoms with Gasteiger partial charge in [0.15, 0.2) is 0 Å². The Labute approximate surface area is 168 Å². The van der Waals surface area contributed by atoms with E-state index in [1.807, 2.05) is 0 Å². The summed E-state index contributed by atoms with van der Waals surface area (Å²) >= 11 is 0.660. The molecule has 0 radical (unpaired) electrons. The topological polar surface area (TPSA) is 94.1 Å². The first kappa shape index (κ1) is 19.6. The third-order valence-corrected chi connectivity index (χ3v) is 8.30. The molecule has 4 aromatic rings. The average Bonchev–Trinajstić information content (AvgIpc) is 3.17. The van der Waals surface area contributed by atoms with Gasteiger partial charge in [-0.2, -0.15) is 8.75 Å². The van der Waals surface area contributed by atoms with Gasteiger partial charge in [0.05, 0.1) is 21.5 Å². The summed E-state index contributed by atoms with van der Waals surface area (Å²) in [6.07, 6.45) is 0. The van der Waals surface area contributed by atoms with Crippen LogP contribution in [0.15, 0.2) is 80.2 Å². The fraction of sp³-hybridized carbons (Fsp3) is 0. The van der Waals surface area contributed by atoms with Crippen LogP contribution < -0.4 is 0 Å². The van der Waals surface area contributed by atoms with E-state index in [4.69, 9.17) is 0 Å². The van der Waals surface area contributed by atoms with Crippen molar-refractivity contribution >= 4 is 42.4 Å². The maximum Gasteiger partial charge on any atom is 0.208 e. The van der Waals surface area contributed by atoms with Gasteiger partial charge in [-0.15, -0.1) is 0 Å². The van der Waals surface area contributed by atoms with Crippen LogP contribution in [0.1, 0.15) is 0 Å². The molecule has 0 bridgehead atoms. The van der Waals surface area contributed by atoms with Crippen molar-refractivity contribution in [2.24, 2.45) is 0 Å². The van der Waals surface area contributed by atoms with Crippen LogP contribution in [0.4, 0.5) is 8.78 Å². The van der Waals surface area contributed by atoms with E-state index in [0.717, 1.165) is 60.7 Å². The second-order valence-electron chi connectivity index (χ2n) is 5.94. The summed E-state index contributed by atoms with van der Waals surface area (Å²) in [5.41, 5.74) is -0.218. The molecular formula is C18H10F2N2O4S3. The molecule has 0 aliphatic rings. The molecular weight excluding hydrogens is 442 g/mol. The van der Waals surface area contributed by atoms with Crippen molar-refractivity contribution in [1.82, 2.24) is 8.75 Å². The van der Waals surface area contributed by atoms with Gasteiger partial charge < -0.3 is 0 Å². The maximum absolute atomic E-state index is 13.1. The molecule has 148 valence electrons. The van der Waals surface area contributed by atoms with Gasteiger partial charge in [0, 0.05) is 0 Å². The SMILES string of the molecule is O=S(=O)(c1ccc(F)cc1)c1ccc(S(=O)(=O)c2ccc(F)cc2)c2nsnc12. The van der Waals surface area contributed by atoms with Gasteiger partial charge in [-0.25, -0.2) is 25.6 Å². The smallest absolute Gasteiger partial charge is 0.208 e. The van der Waals surface area contributed by atoms with Gasteiger partial charge >= 0.3 is 0 Å². The van der Waals surface area contributed by atoms with E-state index < -0.39 is 31.3 Å². The van der Waals surface area contributed by atoms with Gasteiger partial charge in [0.2, 0.25) is 19.7 Å². The highest BCUT2D eigenvalue weighted by molar-refractivity contribution is 7.92. The van der Waals surface area contributed by atoms with Crippen LogP contribution in [-0.4, -0.2) is 25.6 Å². The molecule has 0 aliphatic carbocycles. The highest BCUT2D eigenvalue weighted by Crippen LogP contribution is 2.33. The summed E-state index contributed by atoms with van der Waals surface area (Å²) in [5.74, 6) is -1.18. The number of hydrogen-bond acceptors (Lipinski definition) is 7. The van der Waals surface area contributed by atoms with Crippen molar-refractivity contribution in [2.75, 3.05) is 0 Å². The first-order valence-electron chi connectivity index (χ1n) is 7.98. The fourth-order valence-electron chi connectivity index (χ4n) is 2.74. The number of halogens is 2. The molecule has 0 amide bonds. The molecule has 0 unspecified atom stereocenters. The third-order valence-electron chi connectivity index (χ3n) is 4.17. The average molecular weight is 452 g/mol. The molecule has 0 saturated carbocycles. The Morgan fingerprint density at radius 2 is 0.931 bits per heavy atom. The van der Waals surface area contributed by atoms with Crippen LogP contribution in [0.2, 0.25) is 0 Å². The number of aromatic nitrogens is 2. The number of sulfone groups is 2. The molecule has 0 fully saturated rings. The van der Waals surface area contributed by atoms with Crippen molar-refractivity contribution in [2.45, 2.75) is 19.6 Å². The molecule has 1 aromatic heterocycles. The third kappa shape index (κ3) is 3.30. The molecule has 0 saturated heterocycles. The Morgan fingerprint density at radius 3 is 1.28 bits per heavy atom. The van der Waals surface area contributed by atoms with Crippen molar-refractivity contribution in [3.05, 3.63) is 72.3 Å². The Bertz CT molecular complexity index is 1320. The molecule has 11 heteroatoms. The Kier molecular flexibility index (Phi) is 4.68. The summed E-state index contributed by atoms with van der Waals surface area (Å²) in [6.45, 7) is 0. The first-order valence-corrected chi connectivity index (χ1v) is 11.7. The van der Waals surface area contributed by atoms with Crippen LogP contribution in [0.3, 0.4) is 0 Å². The number of benzene rings is 3. The fourth-order valence-corrected chi connectivity index (χ4v) is 6.21. The summed E-state index contributed by atoms with van der Waals surface area (Å²) in [5, 5.41) is 0. The summed E-state index contributed by atoms with van der Waals surface area (Å²) in [4.78, 5) is -0.818. The lowest BCUT2D eigenvalue weighted by Crippen LogP contribution is -2.07. The monoisotopic (exact) mass is 452 g/mol. The minimum atomic E-state index is -4.09. The van der Waals surface area contributed by atoms with Crippen molar-refractivity contribution in [3.8, 4) is 0 Å². The molecule has 1 heterocycles. The van der Waals surface area contributed by atoms with Crippen LogP contribution in [0, 0.1) is 11.6 Å². The lowest BCUT2D eigenvalue weighted by Gasteiger charge is -2.09. The molecule has 6 nitrogen and oxygen atoms in total. The lowest BCUT2D eigenvalue weighted by atomic mass is 10.3. The zero-order valence-electron chi connectivity index (χ0n) is 14.3.